The van der Waals surface area contributed by atoms with Crippen LogP contribution in [0.5, 0.6) is 0 Å². The van der Waals surface area contributed by atoms with Crippen molar-refractivity contribution in [1.29, 1.82) is 0 Å². The Bertz CT molecular complexity index is 733. The van der Waals surface area contributed by atoms with E-state index in [4.69, 9.17) is 0 Å². The minimum Gasteiger partial charge on any atom is -0.466 e. The van der Waals surface area contributed by atoms with Crippen LogP contribution in [0.25, 0.3) is 0 Å². The summed E-state index contributed by atoms with van der Waals surface area (Å²) in [7, 11) is 0. The zero-order valence-electron chi connectivity index (χ0n) is 40.7. The van der Waals surface area contributed by atoms with E-state index in [2.05, 4.69) is 37.9 Å². The number of carbonyl (C=O) groups excluding carboxylic acids is 8. The number of esters is 8. The molecule has 0 atom stereocenters. The van der Waals surface area contributed by atoms with Crippen LogP contribution in [0.4, 0.5) is 0 Å². The van der Waals surface area contributed by atoms with Crippen LogP contribution in [0.1, 0.15) is 188 Å². The van der Waals surface area contributed by atoms with Gasteiger partial charge in [0.15, 0.2) is 0 Å². The Hall–Kier alpha value is -4.24. The van der Waals surface area contributed by atoms with Gasteiger partial charge in [0.05, 0.1) is 52.9 Å². The minimum absolute atomic E-state index is 0.211. The summed E-state index contributed by atoms with van der Waals surface area (Å²) in [4.78, 5) is 78.6. The van der Waals surface area contributed by atoms with Crippen molar-refractivity contribution in [3.8, 4) is 0 Å². The summed E-state index contributed by atoms with van der Waals surface area (Å²) < 4.78 is 35.2. The molecular weight excluding hydrogens is 784 g/mol. The lowest BCUT2D eigenvalue weighted by atomic mass is 10.0. The van der Waals surface area contributed by atoms with E-state index in [1.54, 1.807) is 55.4 Å². The highest BCUT2D eigenvalue weighted by atomic mass is 16.6. The molecule has 0 spiro atoms. The molecule has 0 saturated heterocycles. The molecule has 0 amide bonds. The van der Waals surface area contributed by atoms with E-state index in [0.717, 1.165) is 0 Å². The molecule has 0 aromatic carbocycles. The van der Waals surface area contributed by atoms with Gasteiger partial charge in [-0.05, 0) is 55.4 Å². The third-order valence-corrected chi connectivity index (χ3v) is 5.78. The molecule has 0 aromatic heterocycles. The Morgan fingerprint density at radius 2 is 0.283 bits per heavy atom. The quantitative estimate of drug-likeness (QED) is 0.164. The first kappa shape index (κ1) is 73.3. The maximum absolute atomic E-state index is 9.82. The summed E-state index contributed by atoms with van der Waals surface area (Å²) in [6.07, 6.45) is 18.0. The monoisotopic (exact) mass is 873 g/mol. The summed E-state index contributed by atoms with van der Waals surface area (Å²) in [5.41, 5.74) is 0. The molecule has 0 radical (unpaired) electrons. The van der Waals surface area contributed by atoms with Crippen LogP contribution in [0.15, 0.2) is 0 Å². The fourth-order valence-corrected chi connectivity index (χ4v) is 3.75. The van der Waals surface area contributed by atoms with Crippen molar-refractivity contribution in [3.05, 3.63) is 0 Å². The van der Waals surface area contributed by atoms with Gasteiger partial charge in [-0.2, -0.15) is 0 Å². The van der Waals surface area contributed by atoms with E-state index < -0.39 is 0 Å². The fourth-order valence-electron chi connectivity index (χ4n) is 3.75. The molecule has 2 rings (SSSR count). The number of ether oxygens (including phenoxy) is 8. The van der Waals surface area contributed by atoms with Crippen molar-refractivity contribution in [1.82, 2.24) is 0 Å². The predicted octanol–water partition coefficient (Wildman–Crippen LogP) is 9.24. The predicted molar refractivity (Wildman–Crippen MR) is 234 cm³/mol. The lowest BCUT2D eigenvalue weighted by Crippen LogP contribution is -1.95. The van der Waals surface area contributed by atoms with Crippen LogP contribution in [0.3, 0.4) is 0 Å². The van der Waals surface area contributed by atoms with Crippen LogP contribution in [0, 0.1) is 0 Å². The molecule has 2 saturated carbocycles. The third kappa shape index (κ3) is 148. The van der Waals surface area contributed by atoms with Crippen molar-refractivity contribution in [3.63, 3.8) is 0 Å². The van der Waals surface area contributed by atoms with Gasteiger partial charge >= 0.3 is 47.8 Å². The standard InChI is InChI=1S/2C6H12.8C4H8O2/c2*1-2-4-6-5-3-1;8*1-3-6-4(2)5/h2*1-6H2;8*3H2,1-2H3. The van der Waals surface area contributed by atoms with E-state index >= 15 is 0 Å². The molecule has 0 aromatic rings. The number of rotatable bonds is 8. The largest absolute Gasteiger partial charge is 0.466 e. The molecule has 16 heteroatoms. The van der Waals surface area contributed by atoms with E-state index in [1.165, 1.54) is 132 Å². The molecule has 0 unspecified atom stereocenters. The fraction of sp³-hybridized carbons (Fsp3) is 0.818. The number of hydrogen-bond donors (Lipinski definition) is 0. The van der Waals surface area contributed by atoms with Crippen molar-refractivity contribution < 1.29 is 76.3 Å². The summed E-state index contributed by atoms with van der Waals surface area (Å²) in [5, 5.41) is 0. The maximum atomic E-state index is 9.82. The smallest absolute Gasteiger partial charge is 0.302 e. The average Bonchev–Trinajstić information content (AvgIpc) is 3.15. The summed E-state index contributed by atoms with van der Waals surface area (Å²) >= 11 is 0. The zero-order chi connectivity index (χ0) is 48.4. The first-order valence-electron chi connectivity index (χ1n) is 21.2. The van der Waals surface area contributed by atoms with Gasteiger partial charge in [0.1, 0.15) is 0 Å². The van der Waals surface area contributed by atoms with Gasteiger partial charge in [0, 0.05) is 55.4 Å². The molecule has 0 aliphatic heterocycles. The molecular formula is C44H88O16. The van der Waals surface area contributed by atoms with Crippen molar-refractivity contribution in [2.45, 2.75) is 188 Å². The highest BCUT2D eigenvalue weighted by Gasteiger charge is 1.96. The summed E-state index contributed by atoms with van der Waals surface area (Å²) in [6, 6.07) is 0. The zero-order valence-corrected chi connectivity index (χ0v) is 40.7. The van der Waals surface area contributed by atoms with Gasteiger partial charge in [-0.15, -0.1) is 0 Å². The molecule has 0 heterocycles. The van der Waals surface area contributed by atoms with E-state index in [0.29, 0.717) is 52.9 Å². The first-order valence-corrected chi connectivity index (χ1v) is 21.2. The van der Waals surface area contributed by atoms with Crippen molar-refractivity contribution in [2.24, 2.45) is 0 Å². The lowest BCUT2D eigenvalue weighted by Gasteiger charge is -2.05. The van der Waals surface area contributed by atoms with Crippen molar-refractivity contribution >= 4 is 47.8 Å². The highest BCUT2D eigenvalue weighted by molar-refractivity contribution is 5.67. The molecule has 0 N–H and O–H groups in total. The topological polar surface area (TPSA) is 210 Å². The molecule has 0 bridgehead atoms. The summed E-state index contributed by atoms with van der Waals surface area (Å²) in [5.74, 6) is -1.69. The Labute approximate surface area is 364 Å². The van der Waals surface area contributed by atoms with Crippen LogP contribution in [-0.4, -0.2) is 101 Å². The Kier molecular flexibility index (Phi) is 84.8. The SMILES string of the molecule is C1CCCCC1.C1CCCCC1.CCOC(C)=O.CCOC(C)=O.CCOC(C)=O.CCOC(C)=O.CCOC(C)=O.CCOC(C)=O.CCOC(C)=O.CCOC(C)=O. The van der Waals surface area contributed by atoms with Gasteiger partial charge in [0.25, 0.3) is 0 Å². The second kappa shape index (κ2) is 69.4. The average molecular weight is 873 g/mol. The molecule has 360 valence electrons. The van der Waals surface area contributed by atoms with E-state index in [9.17, 15) is 38.4 Å². The number of carbonyl (C=O) groups is 8. The van der Waals surface area contributed by atoms with Gasteiger partial charge in [-0.1, -0.05) is 77.0 Å². The minimum atomic E-state index is -0.211. The van der Waals surface area contributed by atoms with Crippen LogP contribution in [-0.2, 0) is 76.3 Å². The number of hydrogen-bond acceptors (Lipinski definition) is 16. The van der Waals surface area contributed by atoms with Gasteiger partial charge in [-0.25, -0.2) is 0 Å². The Morgan fingerprint density at radius 1 is 0.217 bits per heavy atom. The Morgan fingerprint density at radius 3 is 0.300 bits per heavy atom. The molecule has 2 aliphatic carbocycles. The molecule has 2 fully saturated rings. The second-order valence-corrected chi connectivity index (χ2v) is 11.6. The highest BCUT2D eigenvalue weighted by Crippen LogP contribution is 2.15. The maximum Gasteiger partial charge on any atom is 0.302 e. The molecule has 16 nitrogen and oxygen atoms in total. The van der Waals surface area contributed by atoms with Crippen LogP contribution < -0.4 is 0 Å². The van der Waals surface area contributed by atoms with Gasteiger partial charge in [0.2, 0.25) is 0 Å². The summed E-state index contributed by atoms with van der Waals surface area (Å²) in [6.45, 7) is 29.2. The van der Waals surface area contributed by atoms with Gasteiger partial charge in [-0.3, -0.25) is 38.4 Å². The van der Waals surface area contributed by atoms with E-state index in [-0.39, 0.29) is 47.8 Å². The molecule has 2 aliphatic rings. The van der Waals surface area contributed by atoms with Crippen LogP contribution in [0.2, 0.25) is 0 Å². The van der Waals surface area contributed by atoms with Crippen molar-refractivity contribution in [2.75, 3.05) is 52.9 Å². The van der Waals surface area contributed by atoms with E-state index in [1.807, 2.05) is 0 Å². The third-order valence-electron chi connectivity index (χ3n) is 5.78. The molecule has 60 heavy (non-hydrogen) atoms. The van der Waals surface area contributed by atoms with Gasteiger partial charge < -0.3 is 37.9 Å². The lowest BCUT2D eigenvalue weighted by molar-refractivity contribution is -0.141. The Balaban J connectivity index is -0.0000000835. The normalized spacial score (nSPS) is 10.9. The second-order valence-electron chi connectivity index (χ2n) is 11.6. The van der Waals surface area contributed by atoms with Crippen LogP contribution >= 0.6 is 0 Å². The first-order chi connectivity index (χ1) is 28.2.